The van der Waals surface area contributed by atoms with Crippen molar-refractivity contribution in [3.05, 3.63) is 28.4 Å². The van der Waals surface area contributed by atoms with Gasteiger partial charge in [0.1, 0.15) is 0 Å². The molecule has 0 bridgehead atoms. The highest BCUT2D eigenvalue weighted by Crippen LogP contribution is 2.41. The topological polar surface area (TPSA) is 41.8 Å². The normalized spacial score (nSPS) is 16.4. The summed E-state index contributed by atoms with van der Waals surface area (Å²) >= 11 is 3.43. The standard InChI is InChI=1S/C11H11BrN2/c12-8-5-11-7(3-9(8)13)4-10(14-11)6-1-2-6/h3-6,14H,1-2,13H2. The molecule has 2 nitrogen and oxygen atoms in total. The molecular formula is C11H11BrN2. The third-order valence-electron chi connectivity index (χ3n) is 2.78. The van der Waals surface area contributed by atoms with Crippen molar-refractivity contribution < 1.29 is 0 Å². The Morgan fingerprint density at radius 1 is 1.29 bits per heavy atom. The van der Waals surface area contributed by atoms with Gasteiger partial charge in [-0.3, -0.25) is 0 Å². The summed E-state index contributed by atoms with van der Waals surface area (Å²) in [7, 11) is 0. The van der Waals surface area contributed by atoms with Gasteiger partial charge in [-0.2, -0.15) is 0 Å². The minimum atomic E-state index is 0.766. The maximum Gasteiger partial charge on any atom is 0.0469 e. The van der Waals surface area contributed by atoms with E-state index in [-0.39, 0.29) is 0 Å². The summed E-state index contributed by atoms with van der Waals surface area (Å²) < 4.78 is 0.967. The maximum atomic E-state index is 5.83. The lowest BCUT2D eigenvalue weighted by molar-refractivity contribution is 1.06. The fraction of sp³-hybridized carbons (Fsp3) is 0.273. The van der Waals surface area contributed by atoms with Crippen LogP contribution in [0.2, 0.25) is 0 Å². The monoisotopic (exact) mass is 250 g/mol. The average Bonchev–Trinajstić information content (AvgIpc) is 2.90. The van der Waals surface area contributed by atoms with Crippen molar-refractivity contribution in [2.45, 2.75) is 18.8 Å². The van der Waals surface area contributed by atoms with Crippen LogP contribution in [0.15, 0.2) is 22.7 Å². The van der Waals surface area contributed by atoms with Crippen molar-refractivity contribution in [3.63, 3.8) is 0 Å². The highest BCUT2D eigenvalue weighted by Gasteiger charge is 2.25. The second kappa shape index (κ2) is 2.76. The molecule has 0 atom stereocenters. The number of benzene rings is 1. The molecule has 0 saturated heterocycles. The largest absolute Gasteiger partial charge is 0.398 e. The molecule has 2 aromatic rings. The Morgan fingerprint density at radius 2 is 2.07 bits per heavy atom. The van der Waals surface area contributed by atoms with Crippen LogP contribution in [0, 0.1) is 0 Å². The van der Waals surface area contributed by atoms with Crippen molar-refractivity contribution in [3.8, 4) is 0 Å². The van der Waals surface area contributed by atoms with E-state index >= 15 is 0 Å². The number of fused-ring (bicyclic) bond motifs is 1. The van der Waals surface area contributed by atoms with E-state index in [1.54, 1.807) is 0 Å². The molecule has 14 heavy (non-hydrogen) atoms. The first-order valence-electron chi connectivity index (χ1n) is 4.81. The Morgan fingerprint density at radius 3 is 2.79 bits per heavy atom. The van der Waals surface area contributed by atoms with Crippen LogP contribution >= 0.6 is 15.9 Å². The van der Waals surface area contributed by atoms with Gasteiger partial charge in [0.25, 0.3) is 0 Å². The maximum absolute atomic E-state index is 5.83. The molecule has 3 heteroatoms. The van der Waals surface area contributed by atoms with Gasteiger partial charge in [-0.25, -0.2) is 0 Å². The van der Waals surface area contributed by atoms with E-state index < -0.39 is 0 Å². The van der Waals surface area contributed by atoms with E-state index in [2.05, 4.69) is 33.0 Å². The number of rotatable bonds is 1. The predicted molar refractivity (Wildman–Crippen MR) is 62.4 cm³/mol. The second-order valence-electron chi connectivity index (χ2n) is 3.96. The van der Waals surface area contributed by atoms with Crippen LogP contribution in [-0.2, 0) is 0 Å². The van der Waals surface area contributed by atoms with Gasteiger partial charge in [-0.15, -0.1) is 0 Å². The zero-order chi connectivity index (χ0) is 9.71. The van der Waals surface area contributed by atoms with Crippen molar-refractivity contribution in [1.82, 2.24) is 4.98 Å². The predicted octanol–water partition coefficient (Wildman–Crippen LogP) is 3.39. The molecule has 1 aliphatic carbocycles. The molecule has 1 heterocycles. The summed E-state index contributed by atoms with van der Waals surface area (Å²) in [5.41, 5.74) is 9.16. The van der Waals surface area contributed by atoms with Crippen LogP contribution in [0.1, 0.15) is 24.5 Å². The first-order chi connectivity index (χ1) is 6.74. The molecule has 0 aliphatic heterocycles. The Kier molecular flexibility index (Phi) is 1.65. The molecule has 3 N–H and O–H groups in total. The first kappa shape index (κ1) is 8.36. The SMILES string of the molecule is Nc1cc2cc(C3CC3)[nH]c2cc1Br. The molecule has 1 fully saturated rings. The average molecular weight is 251 g/mol. The number of hydrogen-bond acceptors (Lipinski definition) is 1. The zero-order valence-electron chi connectivity index (χ0n) is 7.68. The van der Waals surface area contributed by atoms with Gasteiger partial charge in [0.2, 0.25) is 0 Å². The molecule has 0 spiro atoms. The molecule has 1 aliphatic rings. The molecule has 1 saturated carbocycles. The quantitative estimate of drug-likeness (QED) is 0.749. The summed E-state index contributed by atoms with van der Waals surface area (Å²) in [5, 5.41) is 1.22. The van der Waals surface area contributed by atoms with E-state index in [1.807, 2.05) is 6.07 Å². The van der Waals surface area contributed by atoms with Gasteiger partial charge in [-0.05, 0) is 52.9 Å². The zero-order valence-corrected chi connectivity index (χ0v) is 9.26. The van der Waals surface area contributed by atoms with Crippen LogP contribution in [-0.4, -0.2) is 4.98 Å². The van der Waals surface area contributed by atoms with Crippen molar-refractivity contribution in [1.29, 1.82) is 0 Å². The van der Waals surface area contributed by atoms with Crippen LogP contribution in [0.4, 0.5) is 5.69 Å². The number of nitrogen functional groups attached to an aromatic ring is 1. The fourth-order valence-corrected chi connectivity index (χ4v) is 2.15. The number of nitrogens with one attached hydrogen (secondary N) is 1. The van der Waals surface area contributed by atoms with Gasteiger partial charge in [0.15, 0.2) is 0 Å². The van der Waals surface area contributed by atoms with Crippen LogP contribution in [0.3, 0.4) is 0 Å². The van der Waals surface area contributed by atoms with Crippen molar-refractivity contribution in [2.24, 2.45) is 0 Å². The smallest absolute Gasteiger partial charge is 0.0469 e. The minimum Gasteiger partial charge on any atom is -0.398 e. The Balaban J connectivity index is 2.22. The minimum absolute atomic E-state index is 0.766. The van der Waals surface area contributed by atoms with Gasteiger partial charge in [0, 0.05) is 26.8 Å². The van der Waals surface area contributed by atoms with Crippen LogP contribution in [0.25, 0.3) is 10.9 Å². The molecule has 0 amide bonds. The summed E-state index contributed by atoms with van der Waals surface area (Å²) in [6.07, 6.45) is 2.65. The molecule has 3 rings (SSSR count). The molecule has 1 aromatic heterocycles. The Labute approximate surface area is 90.6 Å². The summed E-state index contributed by atoms with van der Waals surface area (Å²) in [4.78, 5) is 3.44. The Bertz CT molecular complexity index is 458. The van der Waals surface area contributed by atoms with Crippen molar-refractivity contribution in [2.75, 3.05) is 5.73 Å². The Hall–Kier alpha value is -0.960. The van der Waals surface area contributed by atoms with Gasteiger partial charge in [0.05, 0.1) is 0 Å². The molecule has 1 aromatic carbocycles. The molecular weight excluding hydrogens is 240 g/mol. The summed E-state index contributed by atoms with van der Waals surface area (Å²) in [6.45, 7) is 0. The van der Waals surface area contributed by atoms with Gasteiger partial charge < -0.3 is 10.7 Å². The second-order valence-corrected chi connectivity index (χ2v) is 4.81. The van der Waals surface area contributed by atoms with Gasteiger partial charge >= 0.3 is 0 Å². The highest BCUT2D eigenvalue weighted by molar-refractivity contribution is 9.10. The lowest BCUT2D eigenvalue weighted by atomic mass is 10.2. The lowest BCUT2D eigenvalue weighted by Gasteiger charge is -1.96. The molecule has 0 radical (unpaired) electrons. The van der Waals surface area contributed by atoms with Gasteiger partial charge in [-0.1, -0.05) is 0 Å². The number of nitrogens with two attached hydrogens (primary N) is 1. The summed E-state index contributed by atoms with van der Waals surface area (Å²) in [6, 6.07) is 6.29. The first-order valence-corrected chi connectivity index (χ1v) is 5.61. The number of hydrogen-bond donors (Lipinski definition) is 2. The summed E-state index contributed by atoms with van der Waals surface area (Å²) in [5.74, 6) is 0.766. The number of aromatic amines is 1. The number of aromatic nitrogens is 1. The molecule has 0 unspecified atom stereocenters. The van der Waals surface area contributed by atoms with Crippen molar-refractivity contribution >= 4 is 32.5 Å². The van der Waals surface area contributed by atoms with E-state index in [1.165, 1.54) is 29.4 Å². The third kappa shape index (κ3) is 1.23. The van der Waals surface area contributed by atoms with E-state index in [9.17, 15) is 0 Å². The third-order valence-corrected chi connectivity index (χ3v) is 3.46. The van der Waals surface area contributed by atoms with E-state index in [0.717, 1.165) is 16.1 Å². The number of anilines is 1. The fourth-order valence-electron chi connectivity index (χ4n) is 1.81. The number of halogens is 1. The lowest BCUT2D eigenvalue weighted by Crippen LogP contribution is -1.85. The number of H-pyrrole nitrogens is 1. The van der Waals surface area contributed by atoms with E-state index in [4.69, 9.17) is 5.73 Å². The van der Waals surface area contributed by atoms with Crippen LogP contribution < -0.4 is 5.73 Å². The van der Waals surface area contributed by atoms with Crippen LogP contribution in [0.5, 0.6) is 0 Å². The molecule has 72 valence electrons. The highest BCUT2D eigenvalue weighted by atomic mass is 79.9. The van der Waals surface area contributed by atoms with E-state index in [0.29, 0.717) is 0 Å².